The number of nitrogens with one attached hydrogen (secondary N) is 1. The highest BCUT2D eigenvalue weighted by Gasteiger charge is 2.08. The number of benzene rings is 1. The van der Waals surface area contributed by atoms with Gasteiger partial charge in [0.05, 0.1) is 18.8 Å². The number of carbonyl (C=O) groups is 1. The molecule has 0 fully saturated rings. The number of pyridine rings is 1. The molecule has 1 amide bonds. The lowest BCUT2D eigenvalue weighted by atomic mass is 10.3. The van der Waals surface area contributed by atoms with Crippen LogP contribution in [-0.4, -0.2) is 28.5 Å². The number of ether oxygens (including phenoxy) is 2. The minimum atomic E-state index is -0.218. The van der Waals surface area contributed by atoms with Gasteiger partial charge in [0.25, 0.3) is 5.91 Å². The molecular weight excluding hydrogens is 386 g/mol. The molecule has 0 unspecified atom stereocenters. The smallest absolute Gasteiger partial charge is 0.258 e. The van der Waals surface area contributed by atoms with E-state index in [2.05, 4.69) is 26.2 Å². The number of aromatic nitrogens is 2. The maximum atomic E-state index is 12.0. The number of imidazole rings is 1. The van der Waals surface area contributed by atoms with Crippen molar-refractivity contribution in [3.05, 3.63) is 59.0 Å². The Balaban J connectivity index is 1.54. The van der Waals surface area contributed by atoms with Gasteiger partial charge in [-0.25, -0.2) is 4.98 Å². The van der Waals surface area contributed by atoms with Crippen LogP contribution in [0.15, 0.2) is 53.3 Å². The van der Waals surface area contributed by atoms with Crippen molar-refractivity contribution in [3.63, 3.8) is 0 Å². The zero-order valence-corrected chi connectivity index (χ0v) is 15.3. The summed E-state index contributed by atoms with van der Waals surface area (Å²) in [5.41, 5.74) is 1.61. The fraction of sp³-hybridized carbons (Fsp3) is 0.222. The molecule has 0 aliphatic heterocycles. The van der Waals surface area contributed by atoms with Crippen molar-refractivity contribution in [2.24, 2.45) is 0 Å². The summed E-state index contributed by atoms with van der Waals surface area (Å²) in [6.45, 7) is 2.70. The van der Waals surface area contributed by atoms with Gasteiger partial charge in [-0.3, -0.25) is 4.79 Å². The predicted molar refractivity (Wildman–Crippen MR) is 97.8 cm³/mol. The molecule has 0 aliphatic rings. The van der Waals surface area contributed by atoms with Gasteiger partial charge in [0.1, 0.15) is 5.65 Å². The SMILES string of the molecule is CCOc1ccccc1OCC(=O)NCc1cn2cc(Br)ccc2n1. The summed E-state index contributed by atoms with van der Waals surface area (Å²) in [6, 6.07) is 11.1. The number of hydrogen-bond donors (Lipinski definition) is 1. The third kappa shape index (κ3) is 4.51. The molecule has 0 spiro atoms. The zero-order chi connectivity index (χ0) is 17.6. The monoisotopic (exact) mass is 403 g/mol. The van der Waals surface area contributed by atoms with E-state index in [0.29, 0.717) is 24.7 Å². The fourth-order valence-electron chi connectivity index (χ4n) is 2.33. The maximum absolute atomic E-state index is 12.0. The quantitative estimate of drug-likeness (QED) is 0.657. The molecule has 3 aromatic rings. The predicted octanol–water partition coefficient (Wildman–Crippen LogP) is 3.19. The van der Waals surface area contributed by atoms with E-state index < -0.39 is 0 Å². The highest BCUT2D eigenvalue weighted by atomic mass is 79.9. The number of amides is 1. The second-order valence-electron chi connectivity index (χ2n) is 5.29. The highest BCUT2D eigenvalue weighted by molar-refractivity contribution is 9.10. The first-order valence-corrected chi connectivity index (χ1v) is 8.69. The van der Waals surface area contributed by atoms with Crippen LogP contribution in [0, 0.1) is 0 Å². The van der Waals surface area contributed by atoms with Crippen molar-refractivity contribution in [1.82, 2.24) is 14.7 Å². The van der Waals surface area contributed by atoms with E-state index in [1.54, 1.807) is 6.07 Å². The molecule has 0 saturated heterocycles. The van der Waals surface area contributed by atoms with Crippen molar-refractivity contribution >= 4 is 27.5 Å². The van der Waals surface area contributed by atoms with E-state index in [-0.39, 0.29) is 12.5 Å². The van der Waals surface area contributed by atoms with Crippen molar-refractivity contribution in [2.45, 2.75) is 13.5 Å². The third-order valence-electron chi connectivity index (χ3n) is 3.44. The summed E-state index contributed by atoms with van der Waals surface area (Å²) in [5, 5.41) is 2.80. The minimum absolute atomic E-state index is 0.0804. The van der Waals surface area contributed by atoms with Gasteiger partial charge >= 0.3 is 0 Å². The van der Waals surface area contributed by atoms with Gasteiger partial charge in [-0.2, -0.15) is 0 Å². The summed E-state index contributed by atoms with van der Waals surface area (Å²) in [7, 11) is 0. The van der Waals surface area contributed by atoms with E-state index >= 15 is 0 Å². The van der Waals surface area contributed by atoms with Gasteiger partial charge in [-0.05, 0) is 47.1 Å². The Morgan fingerprint density at radius 3 is 2.68 bits per heavy atom. The number of nitrogens with zero attached hydrogens (tertiary/aromatic N) is 2. The second-order valence-corrected chi connectivity index (χ2v) is 6.21. The molecule has 6 nitrogen and oxygen atoms in total. The number of carbonyl (C=O) groups excluding carboxylic acids is 1. The molecule has 0 atom stereocenters. The number of para-hydroxylation sites is 2. The van der Waals surface area contributed by atoms with E-state index in [1.807, 2.05) is 54.0 Å². The van der Waals surface area contributed by atoms with E-state index in [9.17, 15) is 4.79 Å². The fourth-order valence-corrected chi connectivity index (χ4v) is 2.68. The van der Waals surface area contributed by atoms with Gasteiger partial charge < -0.3 is 19.2 Å². The van der Waals surface area contributed by atoms with Gasteiger partial charge in [-0.15, -0.1) is 0 Å². The van der Waals surface area contributed by atoms with Gasteiger partial charge in [0.15, 0.2) is 18.1 Å². The maximum Gasteiger partial charge on any atom is 0.258 e. The lowest BCUT2D eigenvalue weighted by molar-refractivity contribution is -0.123. The van der Waals surface area contributed by atoms with Crippen molar-refractivity contribution in [2.75, 3.05) is 13.2 Å². The summed E-state index contributed by atoms with van der Waals surface area (Å²) in [4.78, 5) is 16.5. The number of hydrogen-bond acceptors (Lipinski definition) is 4. The molecule has 1 aromatic carbocycles. The Kier molecular flexibility index (Phi) is 5.55. The zero-order valence-electron chi connectivity index (χ0n) is 13.7. The van der Waals surface area contributed by atoms with Crippen LogP contribution in [0.2, 0.25) is 0 Å². The van der Waals surface area contributed by atoms with Crippen LogP contribution in [0.1, 0.15) is 12.6 Å². The van der Waals surface area contributed by atoms with E-state index in [4.69, 9.17) is 9.47 Å². The first-order chi connectivity index (χ1) is 12.2. The standard InChI is InChI=1S/C18H18BrN3O3/c1-2-24-15-5-3-4-6-16(15)25-12-18(23)20-9-14-11-22-10-13(19)7-8-17(22)21-14/h3-8,10-11H,2,9,12H2,1H3,(H,20,23). The van der Waals surface area contributed by atoms with Crippen LogP contribution in [-0.2, 0) is 11.3 Å². The van der Waals surface area contributed by atoms with Crippen LogP contribution in [0.3, 0.4) is 0 Å². The first kappa shape index (κ1) is 17.3. The van der Waals surface area contributed by atoms with Crippen molar-refractivity contribution in [3.8, 4) is 11.5 Å². The lowest BCUT2D eigenvalue weighted by Gasteiger charge is -2.11. The summed E-state index contributed by atoms with van der Waals surface area (Å²) >= 11 is 3.42. The average Bonchev–Trinajstić information content (AvgIpc) is 3.01. The first-order valence-electron chi connectivity index (χ1n) is 7.90. The highest BCUT2D eigenvalue weighted by Crippen LogP contribution is 2.26. The average molecular weight is 404 g/mol. The van der Waals surface area contributed by atoms with Crippen LogP contribution in [0.5, 0.6) is 11.5 Å². The Bertz CT molecular complexity index is 879. The molecule has 3 rings (SSSR count). The Morgan fingerprint density at radius 1 is 1.16 bits per heavy atom. The van der Waals surface area contributed by atoms with Gasteiger partial charge in [0.2, 0.25) is 0 Å². The Labute approximate surface area is 153 Å². The van der Waals surface area contributed by atoms with Crippen LogP contribution >= 0.6 is 15.9 Å². The Morgan fingerprint density at radius 2 is 1.92 bits per heavy atom. The van der Waals surface area contributed by atoms with Crippen LogP contribution < -0.4 is 14.8 Å². The number of halogens is 1. The summed E-state index contributed by atoms with van der Waals surface area (Å²) in [6.07, 6.45) is 3.80. The normalized spacial score (nSPS) is 10.6. The molecule has 1 N–H and O–H groups in total. The summed E-state index contributed by atoms with van der Waals surface area (Å²) < 4.78 is 13.9. The Hall–Kier alpha value is -2.54. The topological polar surface area (TPSA) is 64.9 Å². The molecule has 7 heteroatoms. The third-order valence-corrected chi connectivity index (χ3v) is 3.91. The van der Waals surface area contributed by atoms with Gasteiger partial charge in [-0.1, -0.05) is 12.1 Å². The molecule has 0 aliphatic carbocycles. The molecular formula is C18H18BrN3O3. The molecule has 0 radical (unpaired) electrons. The molecule has 2 aromatic heterocycles. The molecule has 25 heavy (non-hydrogen) atoms. The van der Waals surface area contributed by atoms with Crippen LogP contribution in [0.4, 0.5) is 0 Å². The van der Waals surface area contributed by atoms with Crippen molar-refractivity contribution < 1.29 is 14.3 Å². The minimum Gasteiger partial charge on any atom is -0.490 e. The van der Waals surface area contributed by atoms with Gasteiger partial charge in [0, 0.05) is 16.9 Å². The molecule has 0 bridgehead atoms. The summed E-state index contributed by atoms with van der Waals surface area (Å²) in [5.74, 6) is 0.963. The van der Waals surface area contributed by atoms with E-state index in [0.717, 1.165) is 15.8 Å². The number of fused-ring (bicyclic) bond motifs is 1. The molecule has 0 saturated carbocycles. The number of rotatable bonds is 7. The molecule has 130 valence electrons. The second kappa shape index (κ2) is 8.02. The lowest BCUT2D eigenvalue weighted by Crippen LogP contribution is -2.28. The van der Waals surface area contributed by atoms with Crippen LogP contribution in [0.25, 0.3) is 5.65 Å². The molecule has 2 heterocycles. The van der Waals surface area contributed by atoms with E-state index in [1.165, 1.54) is 0 Å². The van der Waals surface area contributed by atoms with Crippen molar-refractivity contribution in [1.29, 1.82) is 0 Å². The largest absolute Gasteiger partial charge is 0.490 e.